The molecule has 3 heteroatoms. The van der Waals surface area contributed by atoms with Gasteiger partial charge in [0, 0.05) is 0 Å². The predicted molar refractivity (Wildman–Crippen MR) is 128 cm³/mol. The Labute approximate surface area is 165 Å². The van der Waals surface area contributed by atoms with Gasteiger partial charge in [0.2, 0.25) is 0 Å². The van der Waals surface area contributed by atoms with E-state index in [1.165, 1.54) is 31.5 Å². The van der Waals surface area contributed by atoms with E-state index < -0.39 is 11.2 Å². The minimum absolute atomic E-state index is 0.433. The first-order chi connectivity index (χ1) is 14.0. The second-order valence-corrected chi connectivity index (χ2v) is 102. The first-order valence-electron chi connectivity index (χ1n) is 14.5. The fourth-order valence-corrected chi connectivity index (χ4v) is 503. The van der Waals surface area contributed by atoms with Crippen molar-refractivity contribution in [1.82, 2.24) is 0 Å². The Bertz CT molecular complexity index is 1080. The molecule has 0 saturated carbocycles. The number of rotatable bonds is 14. The van der Waals surface area contributed by atoms with Crippen molar-refractivity contribution in [1.29, 1.82) is 0 Å². The molecule has 10 aliphatic rings. The van der Waals surface area contributed by atoms with Gasteiger partial charge in [0.1, 0.15) is 0 Å². The van der Waals surface area contributed by atoms with Crippen molar-refractivity contribution in [3.05, 3.63) is 0 Å². The van der Waals surface area contributed by atoms with E-state index in [2.05, 4.69) is 27.7 Å². The molecule has 0 aliphatic carbocycles. The molecule has 0 aromatic rings. The molecule has 4 unspecified atom stereocenters. The number of hydrogen-bond acceptors (Lipinski definition) is 0. The van der Waals surface area contributed by atoms with Crippen LogP contribution < -0.4 is 0 Å². The van der Waals surface area contributed by atoms with Crippen LogP contribution in [0, 0.1) is 0 Å². The maximum atomic E-state index is 2.49. The molecule has 1 spiro atoms. The van der Waals surface area contributed by atoms with Gasteiger partial charge in [-0.05, 0) is 0 Å². The van der Waals surface area contributed by atoms with Gasteiger partial charge in [-0.1, -0.05) is 0 Å². The van der Waals surface area contributed by atoms with Crippen molar-refractivity contribution in [3.8, 4) is 0 Å². The second-order valence-electron chi connectivity index (χ2n) is 18.1. The summed E-state index contributed by atoms with van der Waals surface area (Å²) < 4.78 is 15.2. The molecule has 0 bridgehead atoms. The summed E-state index contributed by atoms with van der Waals surface area (Å²) in [6.45, 7) is 9.95. The van der Waals surface area contributed by atoms with E-state index in [1.807, 2.05) is 0 Å². The molecule has 0 amide bonds. The van der Waals surface area contributed by atoms with Crippen molar-refractivity contribution in [2.45, 2.75) is 114 Å². The van der Waals surface area contributed by atoms with Crippen LogP contribution in [-0.4, -0.2) is 30.5 Å². The third-order valence-electron chi connectivity index (χ3n) is 24.4. The first kappa shape index (κ1) is 17.2. The van der Waals surface area contributed by atoms with E-state index in [1.54, 1.807) is 79.7 Å². The Morgan fingerprint density at radius 3 is 1.03 bits per heavy atom. The van der Waals surface area contributed by atoms with Crippen LogP contribution in [0.4, 0.5) is 0 Å². The summed E-state index contributed by atoms with van der Waals surface area (Å²) in [6, 6.07) is 0. The van der Waals surface area contributed by atoms with E-state index in [0.717, 1.165) is 0 Å². The molecule has 0 aromatic carbocycles. The van der Waals surface area contributed by atoms with Crippen molar-refractivity contribution in [3.63, 3.8) is 0 Å². The molecule has 0 nitrogen and oxygen atoms in total. The van der Waals surface area contributed by atoms with E-state index in [9.17, 15) is 0 Å². The third kappa shape index (κ3) is 0.347. The molecule has 10 aliphatic heterocycles. The fraction of sp³-hybridized carbons (Fsp3) is 1.00. The van der Waals surface area contributed by atoms with Crippen LogP contribution in [0.15, 0.2) is 0 Å². The summed E-state index contributed by atoms with van der Waals surface area (Å²) in [4.78, 5) is 0. The van der Waals surface area contributed by atoms with Gasteiger partial charge in [-0.3, -0.25) is 0 Å². The van der Waals surface area contributed by atoms with Crippen LogP contribution in [0.1, 0.15) is 79.1 Å². The molecular weight excluding hydrogens is 553 g/mol. The van der Waals surface area contributed by atoms with Gasteiger partial charge in [0.05, 0.1) is 0 Å². The number of fused-ring (bicyclic) bond motifs is 10. The second kappa shape index (κ2) is 2.42. The molecule has 4 atom stereocenters. The Balaban J connectivity index is 1.19. The van der Waals surface area contributed by atoms with E-state index >= 15 is 0 Å². The topological polar surface area (TPSA) is 0 Å². The average Bonchev–Trinajstić information content (AvgIpc) is 3.67. The molecule has 29 heavy (non-hydrogen) atoms. The van der Waals surface area contributed by atoms with Crippen LogP contribution in [0.3, 0.4) is 0 Å². The predicted octanol–water partition coefficient (Wildman–Crippen LogP) is 9.36. The van der Waals surface area contributed by atoms with Gasteiger partial charge in [-0.15, -0.1) is 0 Å². The van der Waals surface area contributed by atoms with Crippen molar-refractivity contribution < 1.29 is 11.2 Å². The Hall–Kier alpha value is 1.73. The fourth-order valence-electron chi connectivity index (χ4n) is 28.5. The zero-order valence-corrected chi connectivity index (χ0v) is 24.9. The van der Waals surface area contributed by atoms with Gasteiger partial charge in [-0.25, -0.2) is 0 Å². The molecule has 10 saturated heterocycles. The van der Waals surface area contributed by atoms with E-state index in [-0.39, 0.29) is 0 Å². The van der Waals surface area contributed by atoms with Crippen molar-refractivity contribution >= 4 is 15.8 Å². The average molecular weight is 597 g/mol. The van der Waals surface area contributed by atoms with Gasteiger partial charge in [0.15, 0.2) is 0 Å². The molecule has 10 fully saturated rings. The van der Waals surface area contributed by atoms with Crippen LogP contribution in [-0.2, 0) is 11.2 Å². The zero-order chi connectivity index (χ0) is 19.6. The maximum absolute atomic E-state index is 3.85. The van der Waals surface area contributed by atoms with Gasteiger partial charge >= 0.3 is 166 Å². The SMILES string of the molecule is CCCCP(CCCC)[C]12[CH]3[CH]4[CH]5[C]1(P(CCCC)CCCC)[Hf]43521678[CH]2[CH]1[CH]6[CH]7[CH]28. The summed E-state index contributed by atoms with van der Waals surface area (Å²) in [5.41, 5.74) is 0. The summed E-state index contributed by atoms with van der Waals surface area (Å²) in [5, 5.41) is 0. The van der Waals surface area contributed by atoms with Crippen LogP contribution >= 0.6 is 15.8 Å². The van der Waals surface area contributed by atoms with Crippen molar-refractivity contribution in [2.75, 3.05) is 24.6 Å². The minimum atomic E-state index is -3.85. The summed E-state index contributed by atoms with van der Waals surface area (Å²) >= 11 is -3.85. The van der Waals surface area contributed by atoms with E-state index in [4.69, 9.17) is 0 Å². The zero-order valence-electron chi connectivity index (χ0n) is 19.5. The normalized spacial score (nSPS) is 77.9. The molecule has 0 radical (unpaired) electrons. The standard InChI is InChI=1S/C21H39P2.C5H5.Hf/c1-5-9-16-22(17-10-6-2)20-14-13-15-21(20)23(18-11-7-3)19-12-8-4;1-2-4-5-3-1;/h13-15H,5-12,16-19H2,1-4H3;1-5H;. The molecular formula is C26H44HfP2. The van der Waals surface area contributed by atoms with Crippen LogP contribution in [0.5, 0.6) is 0 Å². The number of hydrogen-bond donors (Lipinski definition) is 0. The van der Waals surface area contributed by atoms with E-state index in [0.29, 0.717) is 15.8 Å². The van der Waals surface area contributed by atoms with Gasteiger partial charge in [0.25, 0.3) is 0 Å². The molecule has 0 N–H and O–H groups in total. The summed E-state index contributed by atoms with van der Waals surface area (Å²) in [7, 11) is 0.865. The quantitative estimate of drug-likeness (QED) is 0.138. The molecule has 10 heterocycles. The molecule has 0 aromatic heterocycles. The Kier molecular flexibility index (Phi) is 1.44. The Morgan fingerprint density at radius 1 is 0.517 bits per heavy atom. The van der Waals surface area contributed by atoms with Gasteiger partial charge in [-0.2, -0.15) is 0 Å². The van der Waals surface area contributed by atoms with Crippen LogP contribution in [0.25, 0.3) is 0 Å². The number of unbranched alkanes of at least 4 members (excludes halogenated alkanes) is 4. The monoisotopic (exact) mass is 598 g/mol. The third-order valence-corrected chi connectivity index (χ3v) is 196. The first-order valence-corrected chi connectivity index (χ1v) is 38.1. The van der Waals surface area contributed by atoms with Crippen molar-refractivity contribution in [2.24, 2.45) is 0 Å². The van der Waals surface area contributed by atoms with Crippen LogP contribution in [0.2, 0.25) is 29.4 Å². The summed E-state index contributed by atoms with van der Waals surface area (Å²) in [5.74, 6) is 0. The Morgan fingerprint density at radius 2 is 0.828 bits per heavy atom. The van der Waals surface area contributed by atoms with Gasteiger partial charge < -0.3 is 0 Å². The summed E-state index contributed by atoms with van der Waals surface area (Å²) in [6.07, 6.45) is 19.3. The molecule has 10 rings (SSSR count). The molecule has 162 valence electrons.